The van der Waals surface area contributed by atoms with Gasteiger partial charge in [-0.1, -0.05) is 27.7 Å². The Bertz CT molecular complexity index is 580. The second-order valence-electron chi connectivity index (χ2n) is 8.90. The Hall–Kier alpha value is -1.29. The minimum atomic E-state index is 0.191. The van der Waals surface area contributed by atoms with Crippen LogP contribution in [0.2, 0.25) is 0 Å². The lowest BCUT2D eigenvalue weighted by Gasteiger charge is -2.40. The lowest BCUT2D eigenvalue weighted by atomic mass is 9.79. The summed E-state index contributed by atoms with van der Waals surface area (Å²) < 4.78 is 0. The molecule has 0 N–H and O–H groups in total. The standard InChI is InChI=1S/C22H35N3O/c1-15(2)21(26)18-5-7-20(8-6-18)25-11-9-17(10-12-25)19-13-23-22(16(3)4)24-14-19/h13-18,20H,5-12H2,1-4H3/t18-,20+. The fourth-order valence-corrected chi connectivity index (χ4v) is 4.65. The average Bonchev–Trinajstić information content (AvgIpc) is 2.67. The maximum Gasteiger partial charge on any atom is 0.138 e. The lowest BCUT2D eigenvalue weighted by Crippen LogP contribution is -2.43. The molecule has 144 valence electrons. The number of hydrogen-bond donors (Lipinski definition) is 0. The number of Topliss-reactive ketones (excluding diaryl/α,β-unsaturated/α-hetero) is 1. The molecular formula is C22H35N3O. The average molecular weight is 358 g/mol. The predicted molar refractivity (Wildman–Crippen MR) is 105 cm³/mol. The van der Waals surface area contributed by atoms with Gasteiger partial charge in [0.2, 0.25) is 0 Å². The van der Waals surface area contributed by atoms with Crippen LogP contribution >= 0.6 is 0 Å². The summed E-state index contributed by atoms with van der Waals surface area (Å²) in [7, 11) is 0. The van der Waals surface area contributed by atoms with Gasteiger partial charge in [0.1, 0.15) is 11.6 Å². The van der Waals surface area contributed by atoms with Crippen LogP contribution in [0.15, 0.2) is 12.4 Å². The predicted octanol–water partition coefficient (Wildman–Crippen LogP) is 4.56. The third-order valence-electron chi connectivity index (χ3n) is 6.39. The van der Waals surface area contributed by atoms with Gasteiger partial charge in [-0.15, -0.1) is 0 Å². The van der Waals surface area contributed by atoms with Crippen LogP contribution < -0.4 is 0 Å². The van der Waals surface area contributed by atoms with E-state index < -0.39 is 0 Å². The molecule has 1 saturated heterocycles. The first-order chi connectivity index (χ1) is 12.5. The molecule has 4 heteroatoms. The number of likely N-dealkylation sites (tertiary alicyclic amines) is 1. The van der Waals surface area contributed by atoms with Crippen LogP contribution in [-0.2, 0) is 4.79 Å². The van der Waals surface area contributed by atoms with Crippen LogP contribution in [-0.4, -0.2) is 39.8 Å². The molecule has 2 heterocycles. The van der Waals surface area contributed by atoms with Crippen molar-refractivity contribution in [2.75, 3.05) is 13.1 Å². The fraction of sp³-hybridized carbons (Fsp3) is 0.773. The van der Waals surface area contributed by atoms with Gasteiger partial charge >= 0.3 is 0 Å². The van der Waals surface area contributed by atoms with Gasteiger partial charge in [0, 0.05) is 36.2 Å². The molecule has 4 nitrogen and oxygen atoms in total. The highest BCUT2D eigenvalue weighted by Crippen LogP contribution is 2.34. The lowest BCUT2D eigenvalue weighted by molar-refractivity contribution is -0.127. The van der Waals surface area contributed by atoms with Crippen LogP contribution in [0.1, 0.15) is 89.4 Å². The first-order valence-corrected chi connectivity index (χ1v) is 10.5. The normalized spacial score (nSPS) is 25.8. The van der Waals surface area contributed by atoms with Gasteiger partial charge in [-0.3, -0.25) is 4.79 Å². The topological polar surface area (TPSA) is 46.1 Å². The van der Waals surface area contributed by atoms with Crippen molar-refractivity contribution in [3.8, 4) is 0 Å². The van der Waals surface area contributed by atoms with Crippen LogP contribution in [0.5, 0.6) is 0 Å². The zero-order valence-corrected chi connectivity index (χ0v) is 16.9. The Balaban J connectivity index is 1.48. The molecular weight excluding hydrogens is 322 g/mol. The summed E-state index contributed by atoms with van der Waals surface area (Å²) in [5.41, 5.74) is 1.31. The second kappa shape index (κ2) is 8.60. The van der Waals surface area contributed by atoms with E-state index in [2.05, 4.69) is 28.7 Å². The molecule has 1 aliphatic heterocycles. The van der Waals surface area contributed by atoms with Crippen molar-refractivity contribution in [3.63, 3.8) is 0 Å². The van der Waals surface area contributed by atoms with Gasteiger partial charge in [0.25, 0.3) is 0 Å². The number of carbonyl (C=O) groups is 1. The summed E-state index contributed by atoms with van der Waals surface area (Å²) in [6.07, 6.45) is 11.1. The van der Waals surface area contributed by atoms with Crippen LogP contribution in [0.3, 0.4) is 0 Å². The maximum atomic E-state index is 12.2. The third-order valence-corrected chi connectivity index (χ3v) is 6.39. The van der Waals surface area contributed by atoms with Crippen molar-refractivity contribution in [3.05, 3.63) is 23.8 Å². The molecule has 1 aliphatic carbocycles. The van der Waals surface area contributed by atoms with E-state index >= 15 is 0 Å². The highest BCUT2D eigenvalue weighted by Gasteiger charge is 2.32. The van der Waals surface area contributed by atoms with Gasteiger partial charge in [-0.25, -0.2) is 9.97 Å². The largest absolute Gasteiger partial charge is 0.300 e. The van der Waals surface area contributed by atoms with Gasteiger partial charge in [-0.05, 0) is 63.1 Å². The number of nitrogens with zero attached hydrogens (tertiary/aromatic N) is 3. The van der Waals surface area contributed by atoms with Gasteiger partial charge in [-0.2, -0.15) is 0 Å². The van der Waals surface area contributed by atoms with Crippen molar-refractivity contribution in [1.29, 1.82) is 0 Å². The summed E-state index contributed by atoms with van der Waals surface area (Å²) in [6, 6.07) is 0.687. The van der Waals surface area contributed by atoms with E-state index in [-0.39, 0.29) is 5.92 Å². The van der Waals surface area contributed by atoms with E-state index in [1.165, 1.54) is 44.3 Å². The summed E-state index contributed by atoms with van der Waals surface area (Å²) in [5, 5.41) is 0. The highest BCUT2D eigenvalue weighted by atomic mass is 16.1. The zero-order valence-electron chi connectivity index (χ0n) is 16.9. The number of hydrogen-bond acceptors (Lipinski definition) is 4. The molecule has 1 aromatic heterocycles. The van der Waals surface area contributed by atoms with Crippen molar-refractivity contribution in [2.24, 2.45) is 11.8 Å². The van der Waals surface area contributed by atoms with Crippen LogP contribution in [0, 0.1) is 11.8 Å². The summed E-state index contributed by atoms with van der Waals surface area (Å²) in [5.74, 6) is 2.93. The molecule has 0 aromatic carbocycles. The molecule has 3 rings (SSSR count). The molecule has 26 heavy (non-hydrogen) atoms. The Morgan fingerprint density at radius 3 is 2.04 bits per heavy atom. The molecule has 1 aromatic rings. The van der Waals surface area contributed by atoms with Gasteiger partial charge < -0.3 is 4.90 Å². The maximum absolute atomic E-state index is 12.2. The first kappa shape index (κ1) is 19.5. The molecule has 2 aliphatic rings. The Labute approximate surface area is 158 Å². The van der Waals surface area contributed by atoms with E-state index in [1.54, 1.807) is 0 Å². The van der Waals surface area contributed by atoms with Crippen LogP contribution in [0.25, 0.3) is 0 Å². The minimum Gasteiger partial charge on any atom is -0.300 e. The SMILES string of the molecule is CC(C)c1ncc(C2CCN([C@H]3CC[C@@H](C(=O)C(C)C)CC3)CC2)cn1. The summed E-state index contributed by atoms with van der Waals surface area (Å²) >= 11 is 0. The number of rotatable bonds is 5. The minimum absolute atomic E-state index is 0.191. The first-order valence-electron chi connectivity index (χ1n) is 10.5. The number of ketones is 1. The second-order valence-corrected chi connectivity index (χ2v) is 8.90. The Morgan fingerprint density at radius 1 is 0.962 bits per heavy atom. The number of piperidine rings is 1. The van der Waals surface area contributed by atoms with Crippen LogP contribution in [0.4, 0.5) is 0 Å². The summed E-state index contributed by atoms with van der Waals surface area (Å²) in [6.45, 7) is 10.7. The van der Waals surface area contributed by atoms with E-state index in [4.69, 9.17) is 0 Å². The molecule has 0 radical (unpaired) electrons. The van der Waals surface area contributed by atoms with Gasteiger partial charge in [0.15, 0.2) is 0 Å². The smallest absolute Gasteiger partial charge is 0.138 e. The molecule has 1 saturated carbocycles. The Morgan fingerprint density at radius 2 is 1.54 bits per heavy atom. The van der Waals surface area contributed by atoms with E-state index in [9.17, 15) is 4.79 Å². The quantitative estimate of drug-likeness (QED) is 0.775. The molecule has 2 fully saturated rings. The summed E-state index contributed by atoms with van der Waals surface area (Å²) in [4.78, 5) is 24.0. The highest BCUT2D eigenvalue weighted by molar-refractivity contribution is 5.82. The Kier molecular flexibility index (Phi) is 6.44. The third kappa shape index (κ3) is 4.51. The molecule has 0 amide bonds. The monoisotopic (exact) mass is 357 g/mol. The van der Waals surface area contributed by atoms with Crippen molar-refractivity contribution >= 4 is 5.78 Å². The number of aromatic nitrogens is 2. The molecule has 0 bridgehead atoms. The molecule has 0 unspecified atom stereocenters. The van der Waals surface area contributed by atoms with Crippen molar-refractivity contribution in [2.45, 2.75) is 84.1 Å². The van der Waals surface area contributed by atoms with E-state index in [1.807, 2.05) is 26.2 Å². The molecule has 0 atom stereocenters. The fourth-order valence-electron chi connectivity index (χ4n) is 4.65. The van der Waals surface area contributed by atoms with E-state index in [0.29, 0.717) is 29.6 Å². The van der Waals surface area contributed by atoms with Gasteiger partial charge in [0.05, 0.1) is 0 Å². The van der Waals surface area contributed by atoms with Crippen molar-refractivity contribution in [1.82, 2.24) is 14.9 Å². The zero-order chi connectivity index (χ0) is 18.7. The van der Waals surface area contributed by atoms with Crippen molar-refractivity contribution < 1.29 is 4.79 Å². The number of carbonyl (C=O) groups excluding carboxylic acids is 1. The van der Waals surface area contributed by atoms with E-state index in [0.717, 1.165) is 18.7 Å². The molecule has 0 spiro atoms.